The Morgan fingerprint density at radius 3 is 2.80 bits per heavy atom. The SMILES string of the molecule is COc1cncc([N+](=O)[O-])c1OC1CC1. The van der Waals surface area contributed by atoms with Crippen molar-refractivity contribution in [1.29, 1.82) is 0 Å². The molecular weight excluding hydrogens is 200 g/mol. The molecule has 1 aromatic heterocycles. The quantitative estimate of drug-likeness (QED) is 0.556. The van der Waals surface area contributed by atoms with Crippen LogP contribution in [0.2, 0.25) is 0 Å². The molecule has 0 unspecified atom stereocenters. The Labute approximate surface area is 86.0 Å². The van der Waals surface area contributed by atoms with E-state index in [0.717, 1.165) is 12.8 Å². The number of aromatic nitrogens is 1. The van der Waals surface area contributed by atoms with Gasteiger partial charge in [0, 0.05) is 0 Å². The van der Waals surface area contributed by atoms with Crippen molar-refractivity contribution < 1.29 is 14.4 Å². The summed E-state index contributed by atoms with van der Waals surface area (Å²) in [5, 5.41) is 10.7. The lowest BCUT2D eigenvalue weighted by Gasteiger charge is -2.08. The maximum Gasteiger partial charge on any atom is 0.332 e. The Hall–Kier alpha value is -1.85. The van der Waals surface area contributed by atoms with Gasteiger partial charge in [0.2, 0.25) is 5.75 Å². The highest BCUT2D eigenvalue weighted by Gasteiger charge is 2.30. The fourth-order valence-corrected chi connectivity index (χ4v) is 1.17. The summed E-state index contributed by atoms with van der Waals surface area (Å²) in [6, 6.07) is 0. The molecule has 1 fully saturated rings. The van der Waals surface area contributed by atoms with E-state index in [-0.39, 0.29) is 17.5 Å². The maximum atomic E-state index is 10.7. The van der Waals surface area contributed by atoms with E-state index < -0.39 is 4.92 Å². The van der Waals surface area contributed by atoms with E-state index in [2.05, 4.69) is 4.98 Å². The van der Waals surface area contributed by atoms with Gasteiger partial charge in [-0.2, -0.15) is 0 Å². The third-order valence-electron chi connectivity index (χ3n) is 2.07. The molecule has 0 spiro atoms. The minimum absolute atomic E-state index is 0.0833. The average molecular weight is 210 g/mol. The summed E-state index contributed by atoms with van der Waals surface area (Å²) < 4.78 is 10.4. The smallest absolute Gasteiger partial charge is 0.332 e. The van der Waals surface area contributed by atoms with Gasteiger partial charge in [0.25, 0.3) is 0 Å². The summed E-state index contributed by atoms with van der Waals surface area (Å²) in [5.41, 5.74) is -0.152. The highest BCUT2D eigenvalue weighted by atomic mass is 16.6. The number of pyridine rings is 1. The lowest BCUT2D eigenvalue weighted by molar-refractivity contribution is -0.386. The largest absolute Gasteiger partial charge is 0.491 e. The summed E-state index contributed by atoms with van der Waals surface area (Å²) >= 11 is 0. The number of hydrogen-bond donors (Lipinski definition) is 0. The van der Waals surface area contributed by atoms with Crippen molar-refractivity contribution in [3.8, 4) is 11.5 Å². The van der Waals surface area contributed by atoms with Gasteiger partial charge in [-0.1, -0.05) is 0 Å². The Morgan fingerprint density at radius 1 is 1.53 bits per heavy atom. The summed E-state index contributed by atoms with van der Waals surface area (Å²) in [4.78, 5) is 13.9. The third kappa shape index (κ3) is 1.98. The summed E-state index contributed by atoms with van der Waals surface area (Å²) in [6.07, 6.45) is 4.52. The predicted octanol–water partition coefficient (Wildman–Crippen LogP) is 1.54. The zero-order chi connectivity index (χ0) is 10.8. The van der Waals surface area contributed by atoms with E-state index >= 15 is 0 Å². The number of methoxy groups -OCH3 is 1. The molecule has 15 heavy (non-hydrogen) atoms. The minimum Gasteiger partial charge on any atom is -0.491 e. The van der Waals surface area contributed by atoms with Crippen molar-refractivity contribution in [3.05, 3.63) is 22.5 Å². The highest BCUT2D eigenvalue weighted by Crippen LogP contribution is 2.39. The molecule has 0 aromatic carbocycles. The molecule has 1 aromatic rings. The second-order valence-corrected chi connectivity index (χ2v) is 3.26. The van der Waals surface area contributed by atoms with Gasteiger partial charge < -0.3 is 9.47 Å². The Balaban J connectivity index is 2.38. The first-order valence-electron chi connectivity index (χ1n) is 4.55. The third-order valence-corrected chi connectivity index (χ3v) is 2.07. The van der Waals surface area contributed by atoms with E-state index in [0.29, 0.717) is 5.75 Å². The molecule has 6 nitrogen and oxygen atoms in total. The van der Waals surface area contributed by atoms with Crippen LogP contribution in [-0.2, 0) is 0 Å². The maximum absolute atomic E-state index is 10.7. The topological polar surface area (TPSA) is 74.5 Å². The van der Waals surface area contributed by atoms with Gasteiger partial charge in [-0.05, 0) is 12.8 Å². The van der Waals surface area contributed by atoms with Crippen LogP contribution < -0.4 is 9.47 Å². The van der Waals surface area contributed by atoms with Crippen molar-refractivity contribution in [2.45, 2.75) is 18.9 Å². The number of rotatable bonds is 4. The fourth-order valence-electron chi connectivity index (χ4n) is 1.17. The second-order valence-electron chi connectivity index (χ2n) is 3.26. The molecule has 1 aliphatic carbocycles. The van der Waals surface area contributed by atoms with Gasteiger partial charge in [-0.3, -0.25) is 15.1 Å². The van der Waals surface area contributed by atoms with E-state index in [1.165, 1.54) is 19.5 Å². The van der Waals surface area contributed by atoms with Crippen LogP contribution in [0.25, 0.3) is 0 Å². The normalized spacial score (nSPS) is 14.7. The molecule has 0 radical (unpaired) electrons. The van der Waals surface area contributed by atoms with Crippen LogP contribution in [0.4, 0.5) is 5.69 Å². The van der Waals surface area contributed by atoms with Crippen LogP contribution in [0, 0.1) is 10.1 Å². The molecule has 0 aliphatic heterocycles. The molecule has 0 atom stereocenters. The van der Waals surface area contributed by atoms with Gasteiger partial charge in [0.05, 0.1) is 24.3 Å². The monoisotopic (exact) mass is 210 g/mol. The van der Waals surface area contributed by atoms with Gasteiger partial charge in [0.15, 0.2) is 5.75 Å². The molecule has 2 rings (SSSR count). The van der Waals surface area contributed by atoms with E-state index in [9.17, 15) is 10.1 Å². The summed E-state index contributed by atoms with van der Waals surface area (Å²) in [5.74, 6) is 0.482. The highest BCUT2D eigenvalue weighted by molar-refractivity contribution is 5.53. The number of hydrogen-bond acceptors (Lipinski definition) is 5. The molecule has 0 bridgehead atoms. The van der Waals surface area contributed by atoms with Crippen LogP contribution in [0.5, 0.6) is 11.5 Å². The van der Waals surface area contributed by atoms with Crippen LogP contribution in [0.3, 0.4) is 0 Å². The Bertz CT molecular complexity index is 390. The van der Waals surface area contributed by atoms with Crippen molar-refractivity contribution >= 4 is 5.69 Å². The van der Waals surface area contributed by atoms with Gasteiger partial charge >= 0.3 is 5.69 Å². The zero-order valence-electron chi connectivity index (χ0n) is 8.17. The van der Waals surface area contributed by atoms with Gasteiger partial charge in [-0.15, -0.1) is 0 Å². The summed E-state index contributed by atoms with van der Waals surface area (Å²) in [6.45, 7) is 0. The van der Waals surface area contributed by atoms with Crippen molar-refractivity contribution in [2.24, 2.45) is 0 Å². The van der Waals surface area contributed by atoms with Gasteiger partial charge in [0.1, 0.15) is 6.20 Å². The van der Waals surface area contributed by atoms with Crippen molar-refractivity contribution in [3.63, 3.8) is 0 Å². The molecular formula is C9H10N2O4. The lowest BCUT2D eigenvalue weighted by Crippen LogP contribution is -2.03. The summed E-state index contributed by atoms with van der Waals surface area (Å²) in [7, 11) is 1.43. The van der Waals surface area contributed by atoms with E-state index in [4.69, 9.17) is 9.47 Å². The van der Waals surface area contributed by atoms with E-state index in [1.807, 2.05) is 0 Å². The van der Waals surface area contributed by atoms with Crippen LogP contribution >= 0.6 is 0 Å². The molecule has 1 aliphatic rings. The van der Waals surface area contributed by atoms with Gasteiger partial charge in [-0.25, -0.2) is 0 Å². The molecule has 0 N–H and O–H groups in total. The van der Waals surface area contributed by atoms with Crippen molar-refractivity contribution in [2.75, 3.05) is 7.11 Å². The molecule has 80 valence electrons. The van der Waals surface area contributed by atoms with Crippen LogP contribution in [-0.4, -0.2) is 23.1 Å². The first-order valence-corrected chi connectivity index (χ1v) is 4.55. The number of ether oxygens (including phenoxy) is 2. The second kappa shape index (κ2) is 3.72. The lowest BCUT2D eigenvalue weighted by atomic mass is 10.3. The van der Waals surface area contributed by atoms with Crippen LogP contribution in [0.1, 0.15) is 12.8 Å². The minimum atomic E-state index is -0.521. The zero-order valence-corrected chi connectivity index (χ0v) is 8.17. The van der Waals surface area contributed by atoms with E-state index in [1.54, 1.807) is 0 Å². The standard InChI is InChI=1S/C9H10N2O4/c1-14-8-5-10-4-7(11(12)13)9(8)15-6-2-3-6/h4-6H,2-3H2,1H3. The Kier molecular flexibility index (Phi) is 2.40. The number of nitro groups is 1. The molecule has 1 saturated carbocycles. The first kappa shape index (κ1) is 9.70. The predicted molar refractivity (Wildman–Crippen MR) is 51.1 cm³/mol. The molecule has 0 saturated heterocycles. The van der Waals surface area contributed by atoms with Crippen LogP contribution in [0.15, 0.2) is 12.4 Å². The Morgan fingerprint density at radius 2 is 2.27 bits per heavy atom. The first-order chi connectivity index (χ1) is 7.22. The molecule has 0 amide bonds. The average Bonchev–Trinajstić information content (AvgIpc) is 3.01. The fraction of sp³-hybridized carbons (Fsp3) is 0.444. The number of nitrogens with zero attached hydrogens (tertiary/aromatic N) is 2. The molecule has 1 heterocycles. The molecule has 6 heteroatoms. The van der Waals surface area contributed by atoms with Crippen molar-refractivity contribution in [1.82, 2.24) is 4.98 Å².